The van der Waals surface area contributed by atoms with Gasteiger partial charge >= 0.3 is 5.97 Å². The number of aromatic carboxylic acids is 1. The zero-order valence-corrected chi connectivity index (χ0v) is 22.3. The van der Waals surface area contributed by atoms with E-state index in [0.717, 1.165) is 5.56 Å². The number of rotatable bonds is 10. The maximum absolute atomic E-state index is 15.5. The Morgan fingerprint density at radius 1 is 1.00 bits per heavy atom. The number of hydrogen-bond acceptors (Lipinski definition) is 5. The van der Waals surface area contributed by atoms with Gasteiger partial charge in [0.15, 0.2) is 0 Å². The van der Waals surface area contributed by atoms with Crippen LogP contribution < -0.4 is 4.74 Å². The maximum Gasteiger partial charge on any atom is 0.335 e. The Labute approximate surface area is 233 Å². The number of pyridine rings is 1. The van der Waals surface area contributed by atoms with Crippen LogP contribution in [0, 0.1) is 24.4 Å². The van der Waals surface area contributed by atoms with Crippen molar-refractivity contribution < 1.29 is 32.5 Å². The first-order chi connectivity index (χ1) is 19.7. The minimum absolute atomic E-state index is 0.0731. The Bertz CT molecular complexity index is 1730. The fraction of sp³-hybridized carbons (Fsp3) is 0.194. The van der Waals surface area contributed by atoms with E-state index in [0.29, 0.717) is 34.5 Å². The number of carboxylic acid groups (broad SMARTS) is 1. The Morgan fingerprint density at radius 3 is 2.49 bits per heavy atom. The fourth-order valence-electron chi connectivity index (χ4n) is 4.60. The van der Waals surface area contributed by atoms with Gasteiger partial charge in [-0.1, -0.05) is 12.1 Å². The molecule has 10 heteroatoms. The SMILES string of the molecule is COCCn1c(Cc2c(F)cc(-c3cccnc3OCc3ccc(C)cc3F)cc2F)nc2ccc(C(=O)O)cc21. The number of aryl methyl sites for hydroxylation is 1. The predicted molar refractivity (Wildman–Crippen MR) is 146 cm³/mol. The first kappa shape index (κ1) is 27.9. The molecule has 0 fully saturated rings. The number of imidazole rings is 1. The lowest BCUT2D eigenvalue weighted by atomic mass is 10.0. The van der Waals surface area contributed by atoms with E-state index in [1.54, 1.807) is 41.8 Å². The molecule has 5 rings (SSSR count). The van der Waals surface area contributed by atoms with Crippen LogP contribution in [0.15, 0.2) is 66.9 Å². The zero-order valence-electron chi connectivity index (χ0n) is 22.3. The van der Waals surface area contributed by atoms with E-state index < -0.39 is 23.4 Å². The predicted octanol–water partition coefficient (Wildman–Crippen LogP) is 6.34. The van der Waals surface area contributed by atoms with E-state index in [1.807, 2.05) is 0 Å². The molecular formula is C31H26F3N3O4. The molecule has 0 bridgehead atoms. The van der Waals surface area contributed by atoms with Crippen LogP contribution in [-0.4, -0.2) is 39.3 Å². The van der Waals surface area contributed by atoms with E-state index in [-0.39, 0.29) is 42.2 Å². The van der Waals surface area contributed by atoms with Crippen molar-refractivity contribution in [1.29, 1.82) is 0 Å². The molecule has 7 nitrogen and oxygen atoms in total. The highest BCUT2D eigenvalue weighted by Gasteiger charge is 2.20. The van der Waals surface area contributed by atoms with Gasteiger partial charge in [0.2, 0.25) is 5.88 Å². The van der Waals surface area contributed by atoms with Gasteiger partial charge in [-0.15, -0.1) is 0 Å². The molecule has 3 aromatic carbocycles. The summed E-state index contributed by atoms with van der Waals surface area (Å²) in [6, 6.07) is 14.9. The largest absolute Gasteiger partial charge is 0.478 e. The molecule has 0 amide bonds. The van der Waals surface area contributed by atoms with Gasteiger partial charge in [-0.25, -0.2) is 27.9 Å². The number of benzene rings is 3. The first-order valence-electron chi connectivity index (χ1n) is 12.8. The average molecular weight is 562 g/mol. The summed E-state index contributed by atoms with van der Waals surface area (Å²) in [4.78, 5) is 20.2. The topological polar surface area (TPSA) is 86.5 Å². The second-order valence-electron chi connectivity index (χ2n) is 9.52. The van der Waals surface area contributed by atoms with Crippen molar-refractivity contribution in [3.63, 3.8) is 0 Å². The van der Waals surface area contributed by atoms with E-state index in [4.69, 9.17) is 9.47 Å². The standard InChI is InChI=1S/C31H26F3N3O4/c1-18-5-6-20(24(32)12-18)17-41-30-22(4-3-9-35-30)21-13-25(33)23(26(34)14-21)16-29-36-27-8-7-19(31(38)39)15-28(27)37(29)10-11-40-2/h3-9,12-15H,10-11,16-17H2,1-2H3,(H,38,39). The molecule has 0 spiro atoms. The van der Waals surface area contributed by atoms with E-state index >= 15 is 8.78 Å². The van der Waals surface area contributed by atoms with Gasteiger partial charge in [0.1, 0.15) is 29.9 Å². The lowest BCUT2D eigenvalue weighted by molar-refractivity contribution is 0.0697. The van der Waals surface area contributed by atoms with Gasteiger partial charge in [0.05, 0.1) is 23.2 Å². The molecule has 5 aromatic rings. The highest BCUT2D eigenvalue weighted by Crippen LogP contribution is 2.32. The molecule has 0 saturated carbocycles. The van der Waals surface area contributed by atoms with Crippen molar-refractivity contribution >= 4 is 17.0 Å². The molecule has 2 heterocycles. The van der Waals surface area contributed by atoms with Crippen molar-refractivity contribution in [1.82, 2.24) is 14.5 Å². The third-order valence-electron chi connectivity index (χ3n) is 6.72. The number of nitrogens with zero attached hydrogens (tertiary/aromatic N) is 3. The summed E-state index contributed by atoms with van der Waals surface area (Å²) >= 11 is 0. The van der Waals surface area contributed by atoms with Gasteiger partial charge in [-0.3, -0.25) is 0 Å². The summed E-state index contributed by atoms with van der Waals surface area (Å²) in [6.07, 6.45) is 1.30. The van der Waals surface area contributed by atoms with Crippen LogP contribution in [0.25, 0.3) is 22.2 Å². The third kappa shape index (κ3) is 5.92. The Kier molecular flexibility index (Phi) is 8.02. The van der Waals surface area contributed by atoms with Crippen LogP contribution in [0.3, 0.4) is 0 Å². The summed E-state index contributed by atoms with van der Waals surface area (Å²) in [5.41, 5.74) is 2.55. The van der Waals surface area contributed by atoms with Crippen molar-refractivity contribution in [2.45, 2.75) is 26.5 Å². The minimum Gasteiger partial charge on any atom is -0.478 e. The average Bonchev–Trinajstić information content (AvgIpc) is 3.29. The van der Waals surface area contributed by atoms with E-state index in [9.17, 15) is 14.3 Å². The monoisotopic (exact) mass is 561 g/mol. The number of carboxylic acids is 1. The van der Waals surface area contributed by atoms with E-state index in [1.165, 1.54) is 43.6 Å². The fourth-order valence-corrected chi connectivity index (χ4v) is 4.60. The number of halogens is 3. The second-order valence-corrected chi connectivity index (χ2v) is 9.52. The summed E-state index contributed by atoms with van der Waals surface area (Å²) in [5, 5.41) is 9.40. The molecule has 210 valence electrons. The van der Waals surface area contributed by atoms with Crippen molar-refractivity contribution in [3.05, 3.63) is 112 Å². The second kappa shape index (κ2) is 11.8. The summed E-state index contributed by atoms with van der Waals surface area (Å²) in [7, 11) is 1.52. The Morgan fingerprint density at radius 2 is 1.78 bits per heavy atom. The molecule has 0 radical (unpaired) electrons. The van der Waals surface area contributed by atoms with Crippen molar-refractivity contribution in [2.24, 2.45) is 0 Å². The highest BCUT2D eigenvalue weighted by molar-refractivity contribution is 5.92. The van der Waals surface area contributed by atoms with Crippen LogP contribution in [0.5, 0.6) is 5.88 Å². The van der Waals surface area contributed by atoms with Crippen LogP contribution in [0.4, 0.5) is 13.2 Å². The number of ether oxygens (including phenoxy) is 2. The molecular weight excluding hydrogens is 535 g/mol. The minimum atomic E-state index is -1.09. The van der Waals surface area contributed by atoms with Crippen LogP contribution in [0.1, 0.15) is 32.9 Å². The molecule has 0 aliphatic carbocycles. The molecule has 0 aliphatic heterocycles. The van der Waals surface area contributed by atoms with Gasteiger partial charge in [-0.05, 0) is 66.6 Å². The van der Waals surface area contributed by atoms with Gasteiger partial charge in [-0.2, -0.15) is 0 Å². The number of aromatic nitrogens is 3. The van der Waals surface area contributed by atoms with Crippen LogP contribution in [0.2, 0.25) is 0 Å². The van der Waals surface area contributed by atoms with Crippen LogP contribution in [-0.2, 0) is 24.3 Å². The first-order valence-corrected chi connectivity index (χ1v) is 12.8. The third-order valence-corrected chi connectivity index (χ3v) is 6.72. The molecule has 41 heavy (non-hydrogen) atoms. The normalized spacial score (nSPS) is 11.2. The molecule has 0 aliphatic rings. The van der Waals surface area contributed by atoms with Gasteiger partial charge in [0.25, 0.3) is 0 Å². The highest BCUT2D eigenvalue weighted by atomic mass is 19.1. The van der Waals surface area contributed by atoms with Crippen molar-refractivity contribution in [2.75, 3.05) is 13.7 Å². The number of methoxy groups -OCH3 is 1. The number of hydrogen-bond donors (Lipinski definition) is 1. The smallest absolute Gasteiger partial charge is 0.335 e. The molecule has 1 N–H and O–H groups in total. The molecule has 0 unspecified atom stereocenters. The summed E-state index contributed by atoms with van der Waals surface area (Å²) in [6.45, 7) is 2.27. The summed E-state index contributed by atoms with van der Waals surface area (Å²) in [5.74, 6) is -2.64. The number of carbonyl (C=O) groups is 1. The lowest BCUT2D eigenvalue weighted by Crippen LogP contribution is -2.11. The zero-order chi connectivity index (χ0) is 29.1. The van der Waals surface area contributed by atoms with E-state index in [2.05, 4.69) is 9.97 Å². The van der Waals surface area contributed by atoms with Gasteiger partial charge in [0, 0.05) is 43.0 Å². The van der Waals surface area contributed by atoms with Crippen molar-refractivity contribution in [3.8, 4) is 17.0 Å². The molecule has 0 saturated heterocycles. The van der Waals surface area contributed by atoms with Gasteiger partial charge < -0.3 is 19.1 Å². The quantitative estimate of drug-likeness (QED) is 0.214. The number of fused-ring (bicyclic) bond motifs is 1. The Hall–Kier alpha value is -4.70. The Balaban J connectivity index is 1.46. The maximum atomic E-state index is 15.5. The summed E-state index contributed by atoms with van der Waals surface area (Å²) < 4.78 is 57.9. The lowest BCUT2D eigenvalue weighted by Gasteiger charge is -2.13. The molecule has 2 aromatic heterocycles. The van der Waals surface area contributed by atoms with Crippen LogP contribution >= 0.6 is 0 Å². The molecule has 0 atom stereocenters.